The molecule has 2 N–H and O–H groups in total. The fourth-order valence-electron chi connectivity index (χ4n) is 2.79. The molecular weight excluding hydrogens is 274 g/mol. The van der Waals surface area contributed by atoms with Crippen LogP contribution in [-0.2, 0) is 11.2 Å². The summed E-state index contributed by atoms with van der Waals surface area (Å²) in [5, 5.41) is 14.5. The molecule has 108 valence electrons. The summed E-state index contributed by atoms with van der Waals surface area (Å²) >= 11 is 1.56. The number of hydrogen-bond acceptors (Lipinski definition) is 4. The Balaban J connectivity index is 1.48. The van der Waals surface area contributed by atoms with Crippen molar-refractivity contribution < 1.29 is 9.90 Å². The number of aliphatic hydroxyl groups excluding tert-OH is 1. The second-order valence-corrected chi connectivity index (χ2v) is 6.37. The van der Waals surface area contributed by atoms with Crippen LogP contribution in [0.15, 0.2) is 17.8 Å². The van der Waals surface area contributed by atoms with Crippen molar-refractivity contribution in [3.8, 4) is 0 Å². The smallest absolute Gasteiger partial charge is 0.226 e. The molecule has 2 unspecified atom stereocenters. The molecule has 0 aromatic carbocycles. The van der Waals surface area contributed by atoms with Gasteiger partial charge in [0.2, 0.25) is 5.91 Å². The fourth-order valence-corrected chi connectivity index (χ4v) is 3.51. The van der Waals surface area contributed by atoms with Crippen LogP contribution in [0.25, 0.3) is 4.96 Å². The van der Waals surface area contributed by atoms with Crippen molar-refractivity contribution in [1.29, 1.82) is 0 Å². The summed E-state index contributed by atoms with van der Waals surface area (Å²) in [5.41, 5.74) is 0.804. The molecule has 0 bridgehead atoms. The standard InChI is InChI=1S/C14H19N3O2S/c18-12-3-1-2-10(6-12)8-15-13(19)7-11-9-17-4-5-20-14(17)16-11/h4-5,9-10,12,18H,1-3,6-8H2,(H,15,19). The van der Waals surface area contributed by atoms with Crippen molar-refractivity contribution >= 4 is 22.2 Å². The molecule has 0 saturated heterocycles. The van der Waals surface area contributed by atoms with Crippen LogP contribution in [-0.4, -0.2) is 33.0 Å². The summed E-state index contributed by atoms with van der Waals surface area (Å²) in [6.45, 7) is 0.665. The Morgan fingerprint density at radius 3 is 3.25 bits per heavy atom. The van der Waals surface area contributed by atoms with Gasteiger partial charge in [0.1, 0.15) is 0 Å². The average molecular weight is 293 g/mol. The van der Waals surface area contributed by atoms with Crippen molar-refractivity contribution in [3.63, 3.8) is 0 Å². The van der Waals surface area contributed by atoms with Crippen molar-refractivity contribution in [2.45, 2.75) is 38.2 Å². The molecule has 3 rings (SSSR count). The molecule has 0 aliphatic heterocycles. The molecule has 20 heavy (non-hydrogen) atoms. The molecule has 5 nitrogen and oxygen atoms in total. The van der Waals surface area contributed by atoms with Gasteiger partial charge in [-0.25, -0.2) is 4.98 Å². The highest BCUT2D eigenvalue weighted by Crippen LogP contribution is 2.23. The Morgan fingerprint density at radius 2 is 2.45 bits per heavy atom. The minimum Gasteiger partial charge on any atom is -0.393 e. The summed E-state index contributed by atoms with van der Waals surface area (Å²) in [7, 11) is 0. The van der Waals surface area contributed by atoms with Gasteiger partial charge in [-0.05, 0) is 25.2 Å². The number of hydrogen-bond donors (Lipinski definition) is 2. The van der Waals surface area contributed by atoms with Crippen LogP contribution in [0.1, 0.15) is 31.4 Å². The number of carbonyl (C=O) groups is 1. The first kappa shape index (κ1) is 13.6. The van der Waals surface area contributed by atoms with Crippen molar-refractivity contribution in [2.24, 2.45) is 5.92 Å². The molecule has 1 amide bonds. The third-order valence-electron chi connectivity index (χ3n) is 3.83. The van der Waals surface area contributed by atoms with E-state index in [-0.39, 0.29) is 12.0 Å². The summed E-state index contributed by atoms with van der Waals surface area (Å²) in [6, 6.07) is 0. The molecule has 6 heteroatoms. The van der Waals surface area contributed by atoms with E-state index in [9.17, 15) is 9.90 Å². The number of fused-ring (bicyclic) bond motifs is 1. The Kier molecular flexibility index (Phi) is 4.03. The second-order valence-electron chi connectivity index (χ2n) is 5.49. The van der Waals surface area contributed by atoms with Crippen LogP contribution in [0.4, 0.5) is 0 Å². The number of imidazole rings is 1. The van der Waals surface area contributed by atoms with Crippen LogP contribution in [0.2, 0.25) is 0 Å². The molecule has 2 aromatic heterocycles. The second kappa shape index (κ2) is 5.93. The lowest BCUT2D eigenvalue weighted by atomic mass is 9.87. The van der Waals surface area contributed by atoms with E-state index >= 15 is 0 Å². The summed E-state index contributed by atoms with van der Waals surface area (Å²) in [6.07, 6.45) is 7.83. The van der Waals surface area contributed by atoms with Gasteiger partial charge in [0, 0.05) is 24.3 Å². The van der Waals surface area contributed by atoms with Gasteiger partial charge in [-0.2, -0.15) is 0 Å². The number of nitrogens with one attached hydrogen (secondary N) is 1. The maximum atomic E-state index is 11.9. The van der Waals surface area contributed by atoms with Gasteiger partial charge in [0.05, 0.1) is 18.2 Å². The summed E-state index contributed by atoms with van der Waals surface area (Å²) < 4.78 is 1.94. The number of amides is 1. The van der Waals surface area contributed by atoms with Crippen molar-refractivity contribution in [1.82, 2.24) is 14.7 Å². The van der Waals surface area contributed by atoms with E-state index in [4.69, 9.17) is 0 Å². The highest BCUT2D eigenvalue weighted by atomic mass is 32.1. The molecule has 1 saturated carbocycles. The van der Waals surface area contributed by atoms with Gasteiger partial charge in [-0.15, -0.1) is 11.3 Å². The maximum absolute atomic E-state index is 11.9. The minimum absolute atomic E-state index is 0.0100. The minimum atomic E-state index is -0.189. The monoisotopic (exact) mass is 293 g/mol. The Hall–Kier alpha value is -1.40. The van der Waals surface area contributed by atoms with Crippen LogP contribution >= 0.6 is 11.3 Å². The first-order valence-electron chi connectivity index (χ1n) is 7.06. The van der Waals surface area contributed by atoms with E-state index in [1.54, 1.807) is 11.3 Å². The zero-order chi connectivity index (χ0) is 13.9. The van der Waals surface area contributed by atoms with Crippen LogP contribution < -0.4 is 5.32 Å². The lowest BCUT2D eigenvalue weighted by Crippen LogP contribution is -2.33. The molecule has 1 fully saturated rings. The quantitative estimate of drug-likeness (QED) is 0.900. The van der Waals surface area contributed by atoms with Crippen LogP contribution in [0.5, 0.6) is 0 Å². The highest BCUT2D eigenvalue weighted by Gasteiger charge is 2.20. The summed E-state index contributed by atoms with van der Waals surface area (Å²) in [5.74, 6) is 0.420. The zero-order valence-corrected chi connectivity index (χ0v) is 12.1. The lowest BCUT2D eigenvalue weighted by Gasteiger charge is -2.25. The SMILES string of the molecule is O=C(Cc1cn2ccsc2n1)NCC1CCCC(O)C1. The largest absolute Gasteiger partial charge is 0.393 e. The molecule has 0 radical (unpaired) electrons. The topological polar surface area (TPSA) is 66.6 Å². The van der Waals surface area contributed by atoms with Crippen LogP contribution in [0, 0.1) is 5.92 Å². The Morgan fingerprint density at radius 1 is 1.55 bits per heavy atom. The number of aromatic nitrogens is 2. The van der Waals surface area contributed by atoms with E-state index in [0.717, 1.165) is 36.3 Å². The molecule has 1 aliphatic rings. The number of rotatable bonds is 4. The van der Waals surface area contributed by atoms with Gasteiger partial charge in [-0.3, -0.25) is 9.20 Å². The molecule has 2 atom stereocenters. The molecule has 2 heterocycles. The highest BCUT2D eigenvalue weighted by molar-refractivity contribution is 7.15. The van der Waals surface area contributed by atoms with E-state index in [0.29, 0.717) is 18.9 Å². The van der Waals surface area contributed by atoms with Gasteiger partial charge >= 0.3 is 0 Å². The zero-order valence-electron chi connectivity index (χ0n) is 11.3. The van der Waals surface area contributed by atoms with Crippen molar-refractivity contribution in [3.05, 3.63) is 23.5 Å². The van der Waals surface area contributed by atoms with Gasteiger partial charge in [-0.1, -0.05) is 6.42 Å². The van der Waals surface area contributed by atoms with E-state index < -0.39 is 0 Å². The first-order valence-corrected chi connectivity index (χ1v) is 7.94. The Labute approximate surface area is 121 Å². The maximum Gasteiger partial charge on any atom is 0.226 e. The summed E-state index contributed by atoms with van der Waals surface area (Å²) in [4.78, 5) is 17.2. The molecular formula is C14H19N3O2S. The van der Waals surface area contributed by atoms with E-state index in [1.807, 2.05) is 22.2 Å². The van der Waals surface area contributed by atoms with E-state index in [2.05, 4.69) is 10.3 Å². The lowest BCUT2D eigenvalue weighted by molar-refractivity contribution is -0.120. The predicted molar refractivity (Wildman–Crippen MR) is 77.7 cm³/mol. The van der Waals surface area contributed by atoms with Crippen LogP contribution in [0.3, 0.4) is 0 Å². The number of nitrogens with zero attached hydrogens (tertiary/aromatic N) is 2. The number of aliphatic hydroxyl groups is 1. The van der Waals surface area contributed by atoms with E-state index in [1.165, 1.54) is 0 Å². The molecule has 1 aliphatic carbocycles. The fraction of sp³-hybridized carbons (Fsp3) is 0.571. The third-order valence-corrected chi connectivity index (χ3v) is 4.60. The van der Waals surface area contributed by atoms with Crippen molar-refractivity contribution in [2.75, 3.05) is 6.54 Å². The Bertz CT molecular complexity index is 564. The average Bonchev–Trinajstić information content (AvgIpc) is 2.97. The van der Waals surface area contributed by atoms with Gasteiger partial charge in [0.15, 0.2) is 4.96 Å². The number of carbonyl (C=O) groups excluding carboxylic acids is 1. The molecule has 2 aromatic rings. The molecule has 0 spiro atoms. The van der Waals surface area contributed by atoms with Gasteiger partial charge < -0.3 is 10.4 Å². The normalized spacial score (nSPS) is 23.1. The van der Waals surface area contributed by atoms with Gasteiger partial charge in [0.25, 0.3) is 0 Å². The predicted octanol–water partition coefficient (Wildman–Crippen LogP) is 1.61. The number of thiazole rings is 1. The first-order chi connectivity index (χ1) is 9.70. The third kappa shape index (κ3) is 3.19.